The minimum atomic E-state index is -3.65. The lowest BCUT2D eigenvalue weighted by Gasteiger charge is -2.27. The van der Waals surface area contributed by atoms with E-state index in [1.807, 2.05) is 0 Å². The number of nitro benzene ring substituents is 1. The maximum absolute atomic E-state index is 12.2. The van der Waals surface area contributed by atoms with E-state index in [-0.39, 0.29) is 22.7 Å². The van der Waals surface area contributed by atoms with Crippen molar-refractivity contribution < 1.29 is 13.3 Å². The fraction of sp³-hybridized carbons (Fsp3) is 0.500. The van der Waals surface area contributed by atoms with Crippen LogP contribution in [0.5, 0.6) is 0 Å². The van der Waals surface area contributed by atoms with Crippen molar-refractivity contribution >= 4 is 15.7 Å². The highest BCUT2D eigenvalue weighted by Crippen LogP contribution is 2.20. The van der Waals surface area contributed by atoms with Gasteiger partial charge >= 0.3 is 0 Å². The van der Waals surface area contributed by atoms with Gasteiger partial charge < -0.3 is 5.73 Å². The molecule has 2 rings (SSSR count). The van der Waals surface area contributed by atoms with E-state index in [2.05, 4.69) is 4.72 Å². The molecule has 0 aromatic heterocycles. The summed E-state index contributed by atoms with van der Waals surface area (Å²) in [6.07, 6.45) is 3.19. The summed E-state index contributed by atoms with van der Waals surface area (Å²) in [4.78, 5) is 10.0. The Kier molecular flexibility index (Phi) is 4.36. The molecule has 1 fully saturated rings. The van der Waals surface area contributed by atoms with Crippen LogP contribution in [-0.2, 0) is 10.0 Å². The molecule has 0 spiro atoms. The summed E-state index contributed by atoms with van der Waals surface area (Å²) < 4.78 is 26.9. The van der Waals surface area contributed by atoms with E-state index in [4.69, 9.17) is 5.73 Å². The third-order valence-electron chi connectivity index (χ3n) is 3.39. The molecule has 110 valence electrons. The van der Waals surface area contributed by atoms with Gasteiger partial charge in [0.1, 0.15) is 0 Å². The standard InChI is InChI=1S/C12H17N3O4S/c13-9-2-1-3-10(8-9)14-20(18,19)12-6-4-11(5-7-12)15(16)17/h4-7,9-10,14H,1-3,8,13H2/t9-,10+/m1/s1. The van der Waals surface area contributed by atoms with E-state index in [1.165, 1.54) is 24.3 Å². The van der Waals surface area contributed by atoms with E-state index in [0.717, 1.165) is 19.3 Å². The Balaban J connectivity index is 2.11. The molecule has 2 atom stereocenters. The Bertz CT molecular complexity index is 585. The maximum Gasteiger partial charge on any atom is 0.269 e. The van der Waals surface area contributed by atoms with Gasteiger partial charge in [-0.3, -0.25) is 10.1 Å². The lowest BCUT2D eigenvalue weighted by Crippen LogP contribution is -2.42. The van der Waals surface area contributed by atoms with Crippen LogP contribution in [0.3, 0.4) is 0 Å². The Labute approximate surface area is 117 Å². The van der Waals surface area contributed by atoms with Gasteiger partial charge in [0, 0.05) is 24.2 Å². The molecule has 0 amide bonds. The molecular weight excluding hydrogens is 282 g/mol. The molecule has 0 heterocycles. The molecule has 1 aromatic carbocycles. The molecule has 1 saturated carbocycles. The number of nitrogens with two attached hydrogens (primary N) is 1. The average Bonchev–Trinajstić information content (AvgIpc) is 2.38. The fourth-order valence-electron chi connectivity index (χ4n) is 2.37. The predicted octanol–water partition coefficient (Wildman–Crippen LogP) is 1.14. The fourth-order valence-corrected chi connectivity index (χ4v) is 3.65. The summed E-state index contributed by atoms with van der Waals surface area (Å²) in [5, 5.41) is 10.5. The first-order valence-electron chi connectivity index (χ1n) is 6.41. The van der Waals surface area contributed by atoms with Gasteiger partial charge in [0.2, 0.25) is 10.0 Å². The first kappa shape index (κ1) is 14.9. The van der Waals surface area contributed by atoms with Gasteiger partial charge in [-0.15, -0.1) is 0 Å². The van der Waals surface area contributed by atoms with Crippen molar-refractivity contribution in [3.63, 3.8) is 0 Å². The summed E-state index contributed by atoms with van der Waals surface area (Å²) in [6.45, 7) is 0. The maximum atomic E-state index is 12.2. The quantitative estimate of drug-likeness (QED) is 0.639. The number of hydrogen-bond acceptors (Lipinski definition) is 5. The van der Waals surface area contributed by atoms with Crippen LogP contribution >= 0.6 is 0 Å². The highest BCUT2D eigenvalue weighted by molar-refractivity contribution is 7.89. The molecule has 1 aliphatic carbocycles. The molecule has 3 N–H and O–H groups in total. The zero-order chi connectivity index (χ0) is 14.8. The molecule has 0 aliphatic heterocycles. The van der Waals surface area contributed by atoms with Gasteiger partial charge in [0.05, 0.1) is 9.82 Å². The normalized spacial score (nSPS) is 23.4. The van der Waals surface area contributed by atoms with Crippen LogP contribution in [0.1, 0.15) is 25.7 Å². The Morgan fingerprint density at radius 2 is 1.90 bits per heavy atom. The predicted molar refractivity (Wildman–Crippen MR) is 73.6 cm³/mol. The van der Waals surface area contributed by atoms with Crippen LogP contribution in [0.15, 0.2) is 29.2 Å². The van der Waals surface area contributed by atoms with Crippen molar-refractivity contribution in [1.82, 2.24) is 4.72 Å². The van der Waals surface area contributed by atoms with Gasteiger partial charge in [-0.2, -0.15) is 0 Å². The number of nitrogens with zero attached hydrogens (tertiary/aromatic N) is 1. The molecule has 20 heavy (non-hydrogen) atoms. The highest BCUT2D eigenvalue weighted by atomic mass is 32.2. The molecule has 0 radical (unpaired) electrons. The number of rotatable bonds is 4. The van der Waals surface area contributed by atoms with Gasteiger partial charge in [-0.05, 0) is 31.4 Å². The van der Waals surface area contributed by atoms with Crippen molar-refractivity contribution in [1.29, 1.82) is 0 Å². The minimum Gasteiger partial charge on any atom is -0.328 e. The summed E-state index contributed by atoms with van der Waals surface area (Å²) in [7, 11) is -3.65. The molecule has 1 aromatic rings. The number of non-ortho nitro benzene ring substituents is 1. The minimum absolute atomic E-state index is 0.0216. The van der Waals surface area contributed by atoms with Crippen molar-refractivity contribution in [2.45, 2.75) is 42.7 Å². The van der Waals surface area contributed by atoms with Crippen LogP contribution in [0, 0.1) is 10.1 Å². The van der Waals surface area contributed by atoms with Crippen molar-refractivity contribution in [3.8, 4) is 0 Å². The molecule has 1 aliphatic rings. The van der Waals surface area contributed by atoms with Crippen molar-refractivity contribution in [3.05, 3.63) is 34.4 Å². The second-order valence-corrected chi connectivity index (χ2v) is 6.71. The monoisotopic (exact) mass is 299 g/mol. The molecule has 7 nitrogen and oxygen atoms in total. The molecule has 0 bridgehead atoms. The summed E-state index contributed by atoms with van der Waals surface area (Å²) in [5.74, 6) is 0. The topological polar surface area (TPSA) is 115 Å². The van der Waals surface area contributed by atoms with Crippen LogP contribution in [0.2, 0.25) is 0 Å². The lowest BCUT2D eigenvalue weighted by molar-refractivity contribution is -0.384. The highest BCUT2D eigenvalue weighted by Gasteiger charge is 2.25. The third-order valence-corrected chi connectivity index (χ3v) is 4.93. The van der Waals surface area contributed by atoms with Gasteiger partial charge in [-0.25, -0.2) is 13.1 Å². The summed E-state index contributed by atoms with van der Waals surface area (Å²) in [6, 6.07) is 4.70. The molecule has 0 saturated heterocycles. The van der Waals surface area contributed by atoms with Crippen LogP contribution in [-0.4, -0.2) is 25.4 Å². The van der Waals surface area contributed by atoms with E-state index >= 15 is 0 Å². The Hall–Kier alpha value is -1.51. The molecule has 0 unspecified atom stereocenters. The number of nitro groups is 1. The number of nitrogens with one attached hydrogen (secondary N) is 1. The van der Waals surface area contributed by atoms with Crippen LogP contribution < -0.4 is 10.5 Å². The van der Waals surface area contributed by atoms with Crippen molar-refractivity contribution in [2.75, 3.05) is 0 Å². The van der Waals surface area contributed by atoms with E-state index in [9.17, 15) is 18.5 Å². The molecular formula is C12H17N3O4S. The van der Waals surface area contributed by atoms with Crippen LogP contribution in [0.25, 0.3) is 0 Å². The van der Waals surface area contributed by atoms with Crippen LogP contribution in [0.4, 0.5) is 5.69 Å². The number of sulfonamides is 1. The largest absolute Gasteiger partial charge is 0.328 e. The first-order valence-corrected chi connectivity index (χ1v) is 7.89. The van der Waals surface area contributed by atoms with E-state index in [1.54, 1.807) is 0 Å². The number of hydrogen-bond donors (Lipinski definition) is 2. The van der Waals surface area contributed by atoms with Gasteiger partial charge in [0.15, 0.2) is 0 Å². The van der Waals surface area contributed by atoms with Gasteiger partial charge in [0.25, 0.3) is 5.69 Å². The van der Waals surface area contributed by atoms with Gasteiger partial charge in [-0.1, -0.05) is 6.42 Å². The second kappa shape index (κ2) is 5.86. The average molecular weight is 299 g/mol. The Morgan fingerprint density at radius 1 is 1.25 bits per heavy atom. The smallest absolute Gasteiger partial charge is 0.269 e. The first-order chi connectivity index (χ1) is 9.38. The van der Waals surface area contributed by atoms with Crippen molar-refractivity contribution in [2.24, 2.45) is 5.73 Å². The third kappa shape index (κ3) is 3.53. The summed E-state index contributed by atoms with van der Waals surface area (Å²) >= 11 is 0. The second-order valence-electron chi connectivity index (χ2n) is 5.00. The summed E-state index contributed by atoms with van der Waals surface area (Å²) in [5.41, 5.74) is 5.69. The molecule has 8 heteroatoms. The zero-order valence-electron chi connectivity index (χ0n) is 10.9. The Morgan fingerprint density at radius 3 is 2.45 bits per heavy atom. The van der Waals surface area contributed by atoms with E-state index in [0.29, 0.717) is 6.42 Å². The zero-order valence-corrected chi connectivity index (χ0v) is 11.7. The van der Waals surface area contributed by atoms with E-state index < -0.39 is 14.9 Å². The number of benzene rings is 1. The SMILES string of the molecule is N[C@@H]1CCC[C@H](NS(=O)(=O)c2ccc([N+](=O)[O-])cc2)C1. The lowest BCUT2D eigenvalue weighted by atomic mass is 9.92.